The SMILES string of the molecule is Cc1ccc(C(=O)N2CCCC(C(=O)N3CCCN(c4ccc(C(F)(F)F)cn4)CC3)C2)cc1. The Balaban J connectivity index is 1.36. The van der Waals surface area contributed by atoms with E-state index in [1.54, 1.807) is 4.90 Å². The van der Waals surface area contributed by atoms with Crippen LogP contribution in [0.5, 0.6) is 0 Å². The molecule has 2 amide bonds. The normalized spacial score (nSPS) is 19.6. The zero-order chi connectivity index (χ0) is 24.3. The summed E-state index contributed by atoms with van der Waals surface area (Å²) < 4.78 is 38.4. The van der Waals surface area contributed by atoms with Gasteiger partial charge in [-0.25, -0.2) is 4.98 Å². The van der Waals surface area contributed by atoms with Crippen molar-refractivity contribution in [3.63, 3.8) is 0 Å². The number of carbonyl (C=O) groups excluding carboxylic acids is 2. The number of aromatic nitrogens is 1. The van der Waals surface area contributed by atoms with Crippen molar-refractivity contribution in [2.75, 3.05) is 44.2 Å². The summed E-state index contributed by atoms with van der Waals surface area (Å²) in [5.74, 6) is 0.241. The van der Waals surface area contributed by atoms with E-state index < -0.39 is 11.7 Å². The molecule has 6 nitrogen and oxygen atoms in total. The highest BCUT2D eigenvalue weighted by Crippen LogP contribution is 2.29. The average molecular weight is 475 g/mol. The number of nitrogens with zero attached hydrogens (tertiary/aromatic N) is 4. The number of pyridine rings is 1. The average Bonchev–Trinajstić information content (AvgIpc) is 3.10. The third kappa shape index (κ3) is 5.51. The molecule has 0 bridgehead atoms. The summed E-state index contributed by atoms with van der Waals surface area (Å²) in [6.07, 6.45) is -1.33. The number of hydrogen-bond acceptors (Lipinski definition) is 4. The van der Waals surface area contributed by atoms with Gasteiger partial charge in [-0.2, -0.15) is 13.2 Å². The van der Waals surface area contributed by atoms with Crippen LogP contribution in [0.15, 0.2) is 42.6 Å². The van der Waals surface area contributed by atoms with Gasteiger partial charge < -0.3 is 14.7 Å². The number of hydrogen-bond donors (Lipinski definition) is 0. The highest BCUT2D eigenvalue weighted by molar-refractivity contribution is 5.94. The fourth-order valence-corrected chi connectivity index (χ4v) is 4.61. The summed E-state index contributed by atoms with van der Waals surface area (Å²) in [4.78, 5) is 35.7. The molecule has 0 radical (unpaired) electrons. The lowest BCUT2D eigenvalue weighted by atomic mass is 9.95. The number of halogens is 3. The van der Waals surface area contributed by atoms with Crippen molar-refractivity contribution >= 4 is 17.6 Å². The highest BCUT2D eigenvalue weighted by Gasteiger charge is 2.33. The van der Waals surface area contributed by atoms with Crippen LogP contribution in [0.25, 0.3) is 0 Å². The number of alkyl halides is 3. The first kappa shape index (κ1) is 24.0. The minimum atomic E-state index is -4.41. The van der Waals surface area contributed by atoms with E-state index in [-0.39, 0.29) is 17.7 Å². The fraction of sp³-hybridized carbons (Fsp3) is 0.480. The van der Waals surface area contributed by atoms with E-state index in [0.717, 1.165) is 30.7 Å². The Kier molecular flexibility index (Phi) is 7.09. The number of anilines is 1. The first-order valence-corrected chi connectivity index (χ1v) is 11.7. The van der Waals surface area contributed by atoms with Crippen molar-refractivity contribution in [2.45, 2.75) is 32.4 Å². The monoisotopic (exact) mass is 474 g/mol. The molecular formula is C25H29F3N4O2. The molecule has 4 rings (SSSR count). The Hall–Kier alpha value is -3.10. The van der Waals surface area contributed by atoms with E-state index in [0.29, 0.717) is 57.1 Å². The number of aryl methyl sites for hydroxylation is 1. The first-order chi connectivity index (χ1) is 16.2. The fourth-order valence-electron chi connectivity index (χ4n) is 4.61. The molecule has 1 aromatic carbocycles. The zero-order valence-electron chi connectivity index (χ0n) is 19.2. The Morgan fingerprint density at radius 3 is 2.32 bits per heavy atom. The second-order valence-electron chi connectivity index (χ2n) is 9.03. The van der Waals surface area contributed by atoms with Crippen LogP contribution in [0.2, 0.25) is 0 Å². The molecule has 182 valence electrons. The van der Waals surface area contributed by atoms with Gasteiger partial charge in [-0.15, -0.1) is 0 Å². The van der Waals surface area contributed by atoms with E-state index in [2.05, 4.69) is 4.98 Å². The Morgan fingerprint density at radius 2 is 1.65 bits per heavy atom. The van der Waals surface area contributed by atoms with Crippen molar-refractivity contribution in [2.24, 2.45) is 5.92 Å². The number of rotatable bonds is 3. The third-order valence-electron chi connectivity index (χ3n) is 6.56. The maximum absolute atomic E-state index is 13.3. The molecule has 0 aliphatic carbocycles. The largest absolute Gasteiger partial charge is 0.417 e. The van der Waals surface area contributed by atoms with Crippen LogP contribution in [0.4, 0.5) is 19.0 Å². The minimum absolute atomic E-state index is 0.0450. The predicted molar refractivity (Wildman–Crippen MR) is 122 cm³/mol. The maximum Gasteiger partial charge on any atom is 0.417 e. The molecule has 2 saturated heterocycles. The number of piperidine rings is 1. The van der Waals surface area contributed by atoms with E-state index in [9.17, 15) is 22.8 Å². The van der Waals surface area contributed by atoms with E-state index >= 15 is 0 Å². The molecule has 0 saturated carbocycles. The lowest BCUT2D eigenvalue weighted by Crippen LogP contribution is -2.47. The standard InChI is InChI=1S/C25H29F3N4O2/c1-18-5-7-19(8-6-18)23(33)32-11-2-4-20(17-32)24(34)31-13-3-12-30(14-15-31)22-10-9-21(16-29-22)25(26,27)28/h5-10,16,20H,2-4,11-15,17H2,1H3. The molecule has 0 spiro atoms. The molecule has 1 aromatic heterocycles. The van der Waals surface area contributed by atoms with Crippen molar-refractivity contribution in [3.8, 4) is 0 Å². The van der Waals surface area contributed by atoms with Crippen molar-refractivity contribution in [1.29, 1.82) is 0 Å². The second-order valence-corrected chi connectivity index (χ2v) is 9.03. The third-order valence-corrected chi connectivity index (χ3v) is 6.56. The van der Waals surface area contributed by atoms with Gasteiger partial charge in [0.05, 0.1) is 11.5 Å². The summed E-state index contributed by atoms with van der Waals surface area (Å²) >= 11 is 0. The van der Waals surface area contributed by atoms with E-state index in [1.165, 1.54) is 6.07 Å². The number of benzene rings is 1. The topological polar surface area (TPSA) is 56.8 Å². The number of likely N-dealkylation sites (tertiary alicyclic amines) is 1. The quantitative estimate of drug-likeness (QED) is 0.675. The van der Waals surface area contributed by atoms with Gasteiger partial charge in [0.1, 0.15) is 5.82 Å². The molecule has 2 aromatic rings. The van der Waals surface area contributed by atoms with Crippen LogP contribution >= 0.6 is 0 Å². The Morgan fingerprint density at radius 1 is 0.912 bits per heavy atom. The first-order valence-electron chi connectivity index (χ1n) is 11.7. The van der Waals surface area contributed by atoms with Crippen molar-refractivity contribution in [3.05, 3.63) is 59.3 Å². The van der Waals surface area contributed by atoms with Gasteiger partial charge in [0.15, 0.2) is 0 Å². The highest BCUT2D eigenvalue weighted by atomic mass is 19.4. The summed E-state index contributed by atoms with van der Waals surface area (Å²) in [5, 5.41) is 0. The Bertz CT molecular complexity index is 1010. The lowest BCUT2D eigenvalue weighted by molar-refractivity contribution is -0.138. The maximum atomic E-state index is 13.3. The van der Waals surface area contributed by atoms with Gasteiger partial charge in [0.2, 0.25) is 5.91 Å². The van der Waals surface area contributed by atoms with E-state index in [4.69, 9.17) is 0 Å². The van der Waals surface area contributed by atoms with Gasteiger partial charge in [0, 0.05) is 51.0 Å². The van der Waals surface area contributed by atoms with Crippen LogP contribution < -0.4 is 4.90 Å². The van der Waals surface area contributed by atoms with Crippen LogP contribution in [-0.4, -0.2) is 65.9 Å². The van der Waals surface area contributed by atoms with Gasteiger partial charge >= 0.3 is 6.18 Å². The molecular weight excluding hydrogens is 445 g/mol. The minimum Gasteiger partial charge on any atom is -0.355 e. The van der Waals surface area contributed by atoms with Crippen LogP contribution in [0.1, 0.15) is 40.7 Å². The zero-order valence-corrected chi connectivity index (χ0v) is 19.2. The second kappa shape index (κ2) is 10.0. The summed E-state index contributed by atoms with van der Waals surface area (Å²) in [6.45, 7) is 5.20. The smallest absolute Gasteiger partial charge is 0.355 e. The lowest BCUT2D eigenvalue weighted by Gasteiger charge is -2.35. The molecule has 2 aliphatic heterocycles. The molecule has 34 heavy (non-hydrogen) atoms. The summed E-state index contributed by atoms with van der Waals surface area (Å²) in [7, 11) is 0. The molecule has 1 unspecified atom stereocenters. The molecule has 1 atom stereocenters. The van der Waals surface area contributed by atoms with Crippen LogP contribution in [0.3, 0.4) is 0 Å². The van der Waals surface area contributed by atoms with Crippen LogP contribution in [0, 0.1) is 12.8 Å². The number of carbonyl (C=O) groups is 2. The predicted octanol–water partition coefficient (Wildman–Crippen LogP) is 4.00. The van der Waals surface area contributed by atoms with Gasteiger partial charge in [-0.05, 0) is 50.5 Å². The Labute approximate surface area is 197 Å². The number of amides is 2. The molecule has 2 fully saturated rings. The van der Waals surface area contributed by atoms with Crippen molar-refractivity contribution < 1.29 is 22.8 Å². The van der Waals surface area contributed by atoms with Crippen molar-refractivity contribution in [1.82, 2.24) is 14.8 Å². The van der Waals surface area contributed by atoms with Gasteiger partial charge in [0.25, 0.3) is 5.91 Å². The molecule has 9 heteroatoms. The van der Waals surface area contributed by atoms with Gasteiger partial charge in [-0.1, -0.05) is 17.7 Å². The molecule has 0 N–H and O–H groups in total. The molecule has 3 heterocycles. The van der Waals surface area contributed by atoms with E-state index in [1.807, 2.05) is 41.0 Å². The van der Waals surface area contributed by atoms with Gasteiger partial charge in [-0.3, -0.25) is 9.59 Å². The summed E-state index contributed by atoms with van der Waals surface area (Å²) in [6, 6.07) is 9.89. The summed E-state index contributed by atoms with van der Waals surface area (Å²) in [5.41, 5.74) is 0.947. The van der Waals surface area contributed by atoms with Crippen LogP contribution in [-0.2, 0) is 11.0 Å². The molecule has 2 aliphatic rings.